The Morgan fingerprint density at radius 2 is 1.80 bits per heavy atom. The number of likely N-dealkylation sites (N-methyl/N-ethyl adjacent to an activating group) is 1. The molecular weight excluding hydrogens is 436 g/mol. The Morgan fingerprint density at radius 3 is 2.60 bits per heavy atom. The van der Waals surface area contributed by atoms with Gasteiger partial charge in [0.2, 0.25) is 5.91 Å². The molecule has 1 spiro atoms. The summed E-state index contributed by atoms with van der Waals surface area (Å²) >= 11 is 0. The minimum absolute atomic E-state index is 0.0777. The van der Waals surface area contributed by atoms with Gasteiger partial charge in [0.25, 0.3) is 0 Å². The number of rotatable bonds is 3. The Morgan fingerprint density at radius 1 is 1.00 bits per heavy atom. The Labute approximate surface area is 203 Å². The normalized spacial score (nSPS) is 23.6. The van der Waals surface area contributed by atoms with Crippen molar-refractivity contribution in [2.24, 2.45) is 0 Å². The number of carbonyl (C=O) groups is 1. The summed E-state index contributed by atoms with van der Waals surface area (Å²) in [5.74, 6) is 0.221. The zero-order chi connectivity index (χ0) is 23.7. The van der Waals surface area contributed by atoms with E-state index in [0.29, 0.717) is 5.69 Å². The van der Waals surface area contributed by atoms with Gasteiger partial charge < -0.3 is 20.9 Å². The highest BCUT2D eigenvalue weighted by Gasteiger charge is 2.65. The van der Waals surface area contributed by atoms with Crippen molar-refractivity contribution in [1.82, 2.24) is 15.1 Å². The second kappa shape index (κ2) is 7.33. The van der Waals surface area contributed by atoms with Gasteiger partial charge >= 0.3 is 0 Å². The van der Waals surface area contributed by atoms with Crippen LogP contribution in [0.15, 0.2) is 60.7 Å². The molecule has 4 N–H and O–H groups in total. The third-order valence-electron chi connectivity index (χ3n) is 8.14. The molecule has 3 aromatic carbocycles. The number of hydrogen-bond acceptors (Lipinski definition) is 5. The van der Waals surface area contributed by atoms with Crippen molar-refractivity contribution in [3.8, 4) is 11.3 Å². The maximum absolute atomic E-state index is 12.9. The van der Waals surface area contributed by atoms with Gasteiger partial charge in [-0.2, -0.15) is 5.10 Å². The second-order valence-corrected chi connectivity index (χ2v) is 10.2. The van der Waals surface area contributed by atoms with Gasteiger partial charge in [0, 0.05) is 60.1 Å². The molecule has 176 valence electrons. The average molecular weight is 465 g/mol. The number of nitrogens with two attached hydrogens (primary N) is 1. The zero-order valence-electron chi connectivity index (χ0n) is 19.7. The third-order valence-corrected chi connectivity index (χ3v) is 8.14. The Hall–Kier alpha value is -3.84. The fourth-order valence-electron chi connectivity index (χ4n) is 5.98. The first-order valence-corrected chi connectivity index (χ1v) is 12.3. The van der Waals surface area contributed by atoms with Gasteiger partial charge in [-0.05, 0) is 61.0 Å². The first kappa shape index (κ1) is 20.5. The van der Waals surface area contributed by atoms with E-state index in [1.54, 1.807) is 0 Å². The van der Waals surface area contributed by atoms with E-state index in [4.69, 9.17) is 5.73 Å². The summed E-state index contributed by atoms with van der Waals surface area (Å²) in [6.07, 6.45) is 0.801. The topological polar surface area (TPSA) is 90.3 Å². The number of nitrogens with zero attached hydrogens (tertiary/aromatic N) is 3. The van der Waals surface area contributed by atoms with Crippen LogP contribution >= 0.6 is 0 Å². The number of aromatic amines is 1. The SMILES string of the molecule is CN1CCN(c2ccc(-c3n[nH]c4cc([C@@H]5CC56C(=O)Nc5ccc(N)cc56)ccc34)cc2)CC1. The number of fused-ring (bicyclic) bond motifs is 3. The Kier molecular flexibility index (Phi) is 4.30. The molecule has 7 nitrogen and oxygen atoms in total. The maximum atomic E-state index is 12.9. The van der Waals surface area contributed by atoms with Crippen molar-refractivity contribution in [1.29, 1.82) is 0 Å². The van der Waals surface area contributed by atoms with E-state index in [9.17, 15) is 4.79 Å². The molecule has 3 heterocycles. The fourth-order valence-corrected chi connectivity index (χ4v) is 5.98. The van der Waals surface area contributed by atoms with Gasteiger partial charge in [0.05, 0.1) is 16.6 Å². The van der Waals surface area contributed by atoms with Crippen molar-refractivity contribution in [3.63, 3.8) is 0 Å². The zero-order valence-corrected chi connectivity index (χ0v) is 19.7. The molecule has 2 aliphatic heterocycles. The summed E-state index contributed by atoms with van der Waals surface area (Å²) in [6.45, 7) is 4.30. The van der Waals surface area contributed by atoms with Gasteiger partial charge in [-0.3, -0.25) is 9.89 Å². The van der Waals surface area contributed by atoms with Crippen LogP contribution in [0, 0.1) is 0 Å². The molecule has 1 unspecified atom stereocenters. The second-order valence-electron chi connectivity index (χ2n) is 10.2. The molecule has 4 aromatic rings. The number of aromatic nitrogens is 2. The lowest BCUT2D eigenvalue weighted by Gasteiger charge is -2.34. The Bertz CT molecular complexity index is 1470. The minimum Gasteiger partial charge on any atom is -0.399 e. The summed E-state index contributed by atoms with van der Waals surface area (Å²) in [7, 11) is 2.18. The third kappa shape index (κ3) is 3.08. The lowest BCUT2D eigenvalue weighted by atomic mass is 9.91. The number of amides is 1. The van der Waals surface area contributed by atoms with Gasteiger partial charge in [-0.25, -0.2) is 0 Å². The molecule has 1 saturated heterocycles. The smallest absolute Gasteiger partial charge is 0.235 e. The number of piperazine rings is 1. The van der Waals surface area contributed by atoms with Crippen molar-refractivity contribution < 1.29 is 4.79 Å². The summed E-state index contributed by atoms with van der Waals surface area (Å²) in [5, 5.41) is 12.0. The standard InChI is InChI=1S/C28H28N6O/c1-33-10-12-34(13-11-33)20-6-2-17(3-7-20)26-21-8-4-18(14-25(21)31-32-26)23-16-28(23)22-15-19(29)5-9-24(22)30-27(28)35/h2-9,14-15,23H,10-13,16,29H2,1H3,(H,30,35)(H,31,32)/t23-,28?/m0/s1. The van der Waals surface area contributed by atoms with Gasteiger partial charge in [-0.15, -0.1) is 0 Å². The van der Waals surface area contributed by atoms with Crippen molar-refractivity contribution in [3.05, 3.63) is 71.8 Å². The number of nitrogen functional groups attached to an aromatic ring is 1. The molecule has 2 atom stereocenters. The molecule has 7 rings (SSSR count). The quantitative estimate of drug-likeness (QED) is 0.400. The highest BCUT2D eigenvalue weighted by molar-refractivity contribution is 6.10. The van der Waals surface area contributed by atoms with Gasteiger partial charge in [0.1, 0.15) is 0 Å². The van der Waals surface area contributed by atoms with Crippen LogP contribution in [0.1, 0.15) is 23.5 Å². The van der Waals surface area contributed by atoms with Gasteiger partial charge in [-0.1, -0.05) is 24.3 Å². The van der Waals surface area contributed by atoms with E-state index < -0.39 is 5.41 Å². The molecule has 1 saturated carbocycles. The predicted molar refractivity (Wildman–Crippen MR) is 140 cm³/mol. The maximum Gasteiger partial charge on any atom is 0.235 e. The number of anilines is 3. The number of benzene rings is 3. The minimum atomic E-state index is -0.500. The van der Waals surface area contributed by atoms with Crippen LogP contribution in [0.25, 0.3) is 22.2 Å². The van der Waals surface area contributed by atoms with E-state index in [1.807, 2.05) is 18.2 Å². The molecule has 35 heavy (non-hydrogen) atoms. The van der Waals surface area contributed by atoms with E-state index in [0.717, 1.165) is 71.6 Å². The van der Waals surface area contributed by atoms with E-state index in [1.165, 1.54) is 5.69 Å². The molecule has 1 amide bonds. The number of hydrogen-bond donors (Lipinski definition) is 3. The molecule has 3 aliphatic rings. The Balaban J connectivity index is 1.17. The summed E-state index contributed by atoms with van der Waals surface area (Å²) in [6, 6.07) is 20.9. The summed E-state index contributed by atoms with van der Waals surface area (Å²) in [5.41, 5.74) is 13.6. The van der Waals surface area contributed by atoms with Crippen molar-refractivity contribution in [2.45, 2.75) is 17.8 Å². The van der Waals surface area contributed by atoms with Crippen molar-refractivity contribution in [2.75, 3.05) is 49.2 Å². The predicted octanol–water partition coefficient (Wildman–Crippen LogP) is 3.94. The van der Waals surface area contributed by atoms with Crippen LogP contribution in [0.2, 0.25) is 0 Å². The van der Waals surface area contributed by atoms with Crippen LogP contribution in [0.3, 0.4) is 0 Å². The van der Waals surface area contributed by atoms with Crippen LogP contribution in [0.5, 0.6) is 0 Å². The van der Waals surface area contributed by atoms with E-state index in [2.05, 4.69) is 74.8 Å². The number of carbonyl (C=O) groups excluding carboxylic acids is 1. The molecule has 1 aliphatic carbocycles. The molecule has 0 bridgehead atoms. The number of nitrogens with one attached hydrogen (secondary N) is 2. The molecule has 7 heteroatoms. The lowest BCUT2D eigenvalue weighted by molar-refractivity contribution is -0.118. The van der Waals surface area contributed by atoms with Crippen molar-refractivity contribution >= 4 is 33.9 Å². The molecule has 1 aromatic heterocycles. The first-order valence-electron chi connectivity index (χ1n) is 12.3. The largest absolute Gasteiger partial charge is 0.399 e. The summed E-state index contributed by atoms with van der Waals surface area (Å²) < 4.78 is 0. The molecule has 2 fully saturated rings. The van der Waals surface area contributed by atoms with E-state index >= 15 is 0 Å². The monoisotopic (exact) mass is 464 g/mol. The molecule has 0 radical (unpaired) electrons. The van der Waals surface area contributed by atoms with Crippen LogP contribution in [0.4, 0.5) is 17.1 Å². The van der Waals surface area contributed by atoms with E-state index in [-0.39, 0.29) is 11.8 Å². The molecular formula is C28H28N6O. The highest BCUT2D eigenvalue weighted by atomic mass is 16.2. The van der Waals surface area contributed by atoms with Crippen LogP contribution < -0.4 is 16.0 Å². The lowest BCUT2D eigenvalue weighted by Crippen LogP contribution is -2.44. The first-order chi connectivity index (χ1) is 17.0. The number of H-pyrrole nitrogens is 1. The average Bonchev–Trinajstić information content (AvgIpc) is 3.40. The van der Waals surface area contributed by atoms with Crippen LogP contribution in [-0.4, -0.2) is 54.2 Å². The fraction of sp³-hybridized carbons (Fsp3) is 0.286. The van der Waals surface area contributed by atoms with Crippen LogP contribution in [-0.2, 0) is 10.2 Å². The highest BCUT2D eigenvalue weighted by Crippen LogP contribution is 2.65. The summed E-state index contributed by atoms with van der Waals surface area (Å²) in [4.78, 5) is 17.7. The van der Waals surface area contributed by atoms with Gasteiger partial charge in [0.15, 0.2) is 0 Å².